The van der Waals surface area contributed by atoms with Gasteiger partial charge in [-0.25, -0.2) is 0 Å². The van der Waals surface area contributed by atoms with Crippen LogP contribution in [0.1, 0.15) is 25.8 Å². The number of hydrogen-bond acceptors (Lipinski definition) is 3. The minimum atomic E-state index is 0.261. The zero-order chi connectivity index (χ0) is 12.8. The second-order valence-corrected chi connectivity index (χ2v) is 4.90. The molecular weight excluding hydrogens is 214 g/mol. The molecule has 1 aromatic rings. The van der Waals surface area contributed by atoms with Crippen molar-refractivity contribution >= 4 is 0 Å². The lowest BCUT2D eigenvalue weighted by atomic mass is 9.95. The van der Waals surface area contributed by atoms with Crippen LogP contribution in [0.25, 0.3) is 0 Å². The lowest BCUT2D eigenvalue weighted by Gasteiger charge is -2.28. The maximum absolute atomic E-state index is 5.58. The van der Waals surface area contributed by atoms with Gasteiger partial charge in [-0.1, -0.05) is 13.8 Å². The summed E-state index contributed by atoms with van der Waals surface area (Å²) in [5.74, 6) is 0.520. The second kappa shape index (κ2) is 6.77. The van der Waals surface area contributed by atoms with E-state index in [1.54, 1.807) is 7.11 Å². The Balaban J connectivity index is 2.51. The van der Waals surface area contributed by atoms with Gasteiger partial charge in [-0.2, -0.15) is 5.10 Å². The molecule has 2 unspecified atom stereocenters. The Morgan fingerprint density at radius 2 is 2.18 bits per heavy atom. The third kappa shape index (κ3) is 4.13. The maximum atomic E-state index is 5.58. The molecule has 1 N–H and O–H groups in total. The van der Waals surface area contributed by atoms with Gasteiger partial charge >= 0.3 is 0 Å². The lowest BCUT2D eigenvalue weighted by Crippen LogP contribution is -2.42. The molecule has 0 aromatic carbocycles. The van der Waals surface area contributed by atoms with Crippen LogP contribution in [0.5, 0.6) is 0 Å². The van der Waals surface area contributed by atoms with E-state index in [2.05, 4.69) is 30.5 Å². The van der Waals surface area contributed by atoms with E-state index in [1.807, 2.05) is 25.0 Å². The van der Waals surface area contributed by atoms with Gasteiger partial charge in [0.15, 0.2) is 0 Å². The molecule has 1 rings (SSSR count). The standard InChI is InChI=1S/C13H25N3O/c1-10(2)13(17-5)12(14-3)7-6-11-8-15-16(4)9-11/h8-10,12-14H,6-7H2,1-5H3. The van der Waals surface area contributed by atoms with Gasteiger partial charge in [0.25, 0.3) is 0 Å². The first-order chi connectivity index (χ1) is 8.08. The van der Waals surface area contributed by atoms with Crippen molar-refractivity contribution in [3.8, 4) is 0 Å². The number of ether oxygens (including phenoxy) is 1. The summed E-state index contributed by atoms with van der Waals surface area (Å²) in [6.07, 6.45) is 6.37. The predicted molar refractivity (Wildman–Crippen MR) is 70.0 cm³/mol. The molecule has 98 valence electrons. The van der Waals surface area contributed by atoms with E-state index in [-0.39, 0.29) is 6.10 Å². The Bertz CT molecular complexity index is 322. The molecule has 0 aliphatic carbocycles. The van der Waals surface area contributed by atoms with Crippen LogP contribution >= 0.6 is 0 Å². The van der Waals surface area contributed by atoms with Crippen molar-refractivity contribution in [3.05, 3.63) is 18.0 Å². The first-order valence-electron chi connectivity index (χ1n) is 6.26. The molecule has 0 spiro atoms. The Morgan fingerprint density at radius 3 is 2.59 bits per heavy atom. The number of nitrogens with zero attached hydrogens (tertiary/aromatic N) is 2. The van der Waals surface area contributed by atoms with Crippen LogP contribution in [0.3, 0.4) is 0 Å². The van der Waals surface area contributed by atoms with E-state index in [4.69, 9.17) is 4.74 Å². The van der Waals surface area contributed by atoms with E-state index >= 15 is 0 Å². The van der Waals surface area contributed by atoms with Gasteiger partial charge in [-0.3, -0.25) is 4.68 Å². The van der Waals surface area contributed by atoms with Crippen molar-refractivity contribution in [2.24, 2.45) is 13.0 Å². The van der Waals surface area contributed by atoms with Gasteiger partial charge in [-0.15, -0.1) is 0 Å². The van der Waals surface area contributed by atoms with Gasteiger partial charge < -0.3 is 10.1 Å². The lowest BCUT2D eigenvalue weighted by molar-refractivity contribution is 0.0330. The minimum absolute atomic E-state index is 0.261. The van der Waals surface area contributed by atoms with Crippen molar-refractivity contribution in [1.29, 1.82) is 0 Å². The van der Waals surface area contributed by atoms with Gasteiger partial charge in [0, 0.05) is 26.4 Å². The number of aryl methyl sites for hydroxylation is 2. The third-order valence-corrected chi connectivity index (χ3v) is 3.20. The van der Waals surface area contributed by atoms with E-state index in [0.29, 0.717) is 12.0 Å². The Morgan fingerprint density at radius 1 is 1.47 bits per heavy atom. The number of methoxy groups -OCH3 is 1. The number of rotatable bonds is 7. The highest BCUT2D eigenvalue weighted by molar-refractivity contribution is 5.04. The molecule has 17 heavy (non-hydrogen) atoms. The minimum Gasteiger partial charge on any atom is -0.380 e. The third-order valence-electron chi connectivity index (χ3n) is 3.20. The number of likely N-dealkylation sites (N-methyl/N-ethyl adjacent to an activating group) is 1. The van der Waals surface area contributed by atoms with Gasteiger partial charge in [0.2, 0.25) is 0 Å². The highest BCUT2D eigenvalue weighted by Gasteiger charge is 2.22. The molecule has 4 nitrogen and oxygen atoms in total. The molecule has 0 aliphatic heterocycles. The summed E-state index contributed by atoms with van der Waals surface area (Å²) in [6, 6.07) is 0.389. The Hall–Kier alpha value is -0.870. The summed E-state index contributed by atoms with van der Waals surface area (Å²) < 4.78 is 7.42. The molecule has 4 heteroatoms. The second-order valence-electron chi connectivity index (χ2n) is 4.90. The molecule has 1 aromatic heterocycles. The van der Waals surface area contributed by atoms with Crippen LogP contribution in [0.15, 0.2) is 12.4 Å². The smallest absolute Gasteiger partial charge is 0.0747 e. The Labute approximate surface area is 104 Å². The molecule has 2 atom stereocenters. The molecule has 0 amide bonds. The first-order valence-corrected chi connectivity index (χ1v) is 6.26. The van der Waals surface area contributed by atoms with Crippen LogP contribution in [-0.4, -0.2) is 36.1 Å². The van der Waals surface area contributed by atoms with E-state index in [9.17, 15) is 0 Å². The van der Waals surface area contributed by atoms with Crippen molar-refractivity contribution in [2.45, 2.75) is 38.8 Å². The molecule has 0 radical (unpaired) electrons. The van der Waals surface area contributed by atoms with Crippen molar-refractivity contribution in [3.63, 3.8) is 0 Å². The van der Waals surface area contributed by atoms with Crippen LogP contribution < -0.4 is 5.32 Å². The van der Waals surface area contributed by atoms with Gasteiger partial charge in [-0.05, 0) is 31.4 Å². The first kappa shape index (κ1) is 14.2. The fourth-order valence-electron chi connectivity index (χ4n) is 2.30. The quantitative estimate of drug-likeness (QED) is 0.786. The summed E-state index contributed by atoms with van der Waals surface area (Å²) in [4.78, 5) is 0. The van der Waals surface area contributed by atoms with Crippen LogP contribution in [0, 0.1) is 5.92 Å². The zero-order valence-corrected chi connectivity index (χ0v) is 11.6. The SMILES string of the molecule is CNC(CCc1cnn(C)c1)C(OC)C(C)C. The van der Waals surface area contributed by atoms with E-state index in [0.717, 1.165) is 12.8 Å². The summed E-state index contributed by atoms with van der Waals surface area (Å²) in [6.45, 7) is 4.39. The highest BCUT2D eigenvalue weighted by Crippen LogP contribution is 2.15. The van der Waals surface area contributed by atoms with Crippen LogP contribution in [0.2, 0.25) is 0 Å². The number of nitrogens with one attached hydrogen (secondary N) is 1. The van der Waals surface area contributed by atoms with E-state index < -0.39 is 0 Å². The summed E-state index contributed by atoms with van der Waals surface area (Å²) in [5, 5.41) is 7.54. The molecule has 0 saturated carbocycles. The topological polar surface area (TPSA) is 39.1 Å². The molecular formula is C13H25N3O. The van der Waals surface area contributed by atoms with Crippen molar-refractivity contribution in [2.75, 3.05) is 14.2 Å². The highest BCUT2D eigenvalue weighted by atomic mass is 16.5. The summed E-state index contributed by atoms with van der Waals surface area (Å²) >= 11 is 0. The fourth-order valence-corrected chi connectivity index (χ4v) is 2.30. The normalized spacial score (nSPS) is 15.2. The Kier molecular flexibility index (Phi) is 5.65. The number of hydrogen-bond donors (Lipinski definition) is 1. The predicted octanol–water partition coefficient (Wildman–Crippen LogP) is 1.61. The van der Waals surface area contributed by atoms with Crippen molar-refractivity contribution < 1.29 is 4.74 Å². The van der Waals surface area contributed by atoms with Gasteiger partial charge in [0.1, 0.15) is 0 Å². The monoisotopic (exact) mass is 239 g/mol. The maximum Gasteiger partial charge on any atom is 0.0747 e. The molecule has 0 fully saturated rings. The summed E-state index contributed by atoms with van der Waals surface area (Å²) in [7, 11) is 5.74. The molecule has 0 saturated heterocycles. The molecule has 0 aliphatic rings. The van der Waals surface area contributed by atoms with Crippen molar-refractivity contribution in [1.82, 2.24) is 15.1 Å². The largest absolute Gasteiger partial charge is 0.380 e. The van der Waals surface area contributed by atoms with Crippen LogP contribution in [-0.2, 0) is 18.2 Å². The fraction of sp³-hybridized carbons (Fsp3) is 0.769. The van der Waals surface area contributed by atoms with Crippen LogP contribution in [0.4, 0.5) is 0 Å². The van der Waals surface area contributed by atoms with E-state index in [1.165, 1.54) is 5.56 Å². The molecule has 1 heterocycles. The average Bonchev–Trinajstić information content (AvgIpc) is 2.69. The summed E-state index contributed by atoms with van der Waals surface area (Å²) in [5.41, 5.74) is 1.28. The average molecular weight is 239 g/mol. The number of aromatic nitrogens is 2. The molecule has 0 bridgehead atoms. The zero-order valence-electron chi connectivity index (χ0n) is 11.6. The van der Waals surface area contributed by atoms with Gasteiger partial charge in [0.05, 0.1) is 12.3 Å².